The third kappa shape index (κ3) is 2.97. The molecule has 24 heavy (non-hydrogen) atoms. The van der Waals surface area contributed by atoms with E-state index < -0.39 is 6.10 Å². The highest BCUT2D eigenvalue weighted by molar-refractivity contribution is 5.58. The van der Waals surface area contributed by atoms with Crippen molar-refractivity contribution in [2.45, 2.75) is 12.5 Å². The first kappa shape index (κ1) is 15.1. The Balaban J connectivity index is 1.35. The maximum atomic E-state index is 13.4. The van der Waals surface area contributed by atoms with Crippen LogP contribution in [0.15, 0.2) is 36.4 Å². The number of ether oxygens (including phenoxy) is 3. The van der Waals surface area contributed by atoms with Crippen LogP contribution in [0.5, 0.6) is 17.2 Å². The highest BCUT2D eigenvalue weighted by atomic mass is 19.1. The number of fused-ring (bicyclic) bond motifs is 2. The van der Waals surface area contributed by atoms with Crippen LogP contribution < -0.4 is 19.1 Å². The van der Waals surface area contributed by atoms with Crippen molar-refractivity contribution in [3.05, 3.63) is 47.8 Å². The van der Waals surface area contributed by atoms with E-state index in [1.807, 2.05) is 4.90 Å². The first-order chi connectivity index (χ1) is 11.7. The van der Waals surface area contributed by atoms with E-state index in [2.05, 4.69) is 0 Å². The van der Waals surface area contributed by atoms with Gasteiger partial charge in [0, 0.05) is 24.8 Å². The summed E-state index contributed by atoms with van der Waals surface area (Å²) in [7, 11) is 0. The second-order valence-electron chi connectivity index (χ2n) is 5.95. The van der Waals surface area contributed by atoms with Gasteiger partial charge in [-0.15, -0.1) is 0 Å². The standard InChI is InChI=1S/C18H18FNO4/c19-13-2-1-12-5-6-20(16(12)7-13)9-14(21)10-22-15-3-4-17-18(8-15)24-11-23-17/h1-4,7-8,14,21H,5-6,9-11H2/t14-/m1/s1. The molecule has 126 valence electrons. The molecule has 0 fully saturated rings. The third-order valence-corrected chi connectivity index (χ3v) is 4.26. The highest BCUT2D eigenvalue weighted by Crippen LogP contribution is 2.35. The van der Waals surface area contributed by atoms with Gasteiger partial charge in [0.05, 0.1) is 0 Å². The number of aliphatic hydroxyl groups is 1. The van der Waals surface area contributed by atoms with Gasteiger partial charge in [-0.05, 0) is 36.2 Å². The molecule has 2 aromatic rings. The average Bonchev–Trinajstić information content (AvgIpc) is 3.19. The molecule has 2 aromatic carbocycles. The lowest BCUT2D eigenvalue weighted by Gasteiger charge is -2.23. The number of rotatable bonds is 5. The Kier molecular flexibility index (Phi) is 3.90. The summed E-state index contributed by atoms with van der Waals surface area (Å²) in [4.78, 5) is 1.99. The summed E-state index contributed by atoms with van der Waals surface area (Å²) in [6.07, 6.45) is 0.190. The molecule has 2 aliphatic rings. The molecule has 0 aromatic heterocycles. The lowest BCUT2D eigenvalue weighted by molar-refractivity contribution is 0.112. The summed E-state index contributed by atoms with van der Waals surface area (Å²) in [6, 6.07) is 10.1. The van der Waals surface area contributed by atoms with Gasteiger partial charge in [-0.3, -0.25) is 0 Å². The molecular formula is C18H18FNO4. The van der Waals surface area contributed by atoms with Gasteiger partial charge in [-0.2, -0.15) is 0 Å². The average molecular weight is 331 g/mol. The fraction of sp³-hybridized carbons (Fsp3) is 0.333. The quantitative estimate of drug-likeness (QED) is 0.911. The Labute approximate surface area is 139 Å². The van der Waals surface area contributed by atoms with Crippen LogP contribution in [-0.4, -0.2) is 37.7 Å². The molecule has 0 bridgehead atoms. The fourth-order valence-electron chi connectivity index (χ4n) is 3.07. The van der Waals surface area contributed by atoms with Gasteiger partial charge >= 0.3 is 0 Å². The van der Waals surface area contributed by atoms with Crippen LogP contribution in [0.3, 0.4) is 0 Å². The van der Waals surface area contributed by atoms with E-state index in [0.29, 0.717) is 23.8 Å². The number of halogens is 1. The predicted molar refractivity (Wildman–Crippen MR) is 86.4 cm³/mol. The van der Waals surface area contributed by atoms with Crippen molar-refractivity contribution >= 4 is 5.69 Å². The molecule has 0 radical (unpaired) electrons. The van der Waals surface area contributed by atoms with Crippen molar-refractivity contribution < 1.29 is 23.7 Å². The van der Waals surface area contributed by atoms with Gasteiger partial charge in [0.1, 0.15) is 24.3 Å². The minimum Gasteiger partial charge on any atom is -0.491 e. The SMILES string of the molecule is O[C@@H](COc1ccc2c(c1)OCO2)CN1CCc2ccc(F)cc21. The minimum absolute atomic E-state index is 0.154. The van der Waals surface area contributed by atoms with E-state index in [1.54, 1.807) is 24.3 Å². The number of benzene rings is 2. The summed E-state index contributed by atoms with van der Waals surface area (Å²) >= 11 is 0. The summed E-state index contributed by atoms with van der Waals surface area (Å²) in [5.41, 5.74) is 1.97. The monoisotopic (exact) mass is 331 g/mol. The number of aliphatic hydroxyl groups excluding tert-OH is 1. The van der Waals surface area contributed by atoms with E-state index in [1.165, 1.54) is 12.1 Å². The summed E-state index contributed by atoms with van der Waals surface area (Å²) in [5, 5.41) is 10.2. The van der Waals surface area contributed by atoms with Crippen LogP contribution in [0, 0.1) is 5.82 Å². The van der Waals surface area contributed by atoms with Crippen LogP contribution >= 0.6 is 0 Å². The molecule has 2 heterocycles. The van der Waals surface area contributed by atoms with Crippen LogP contribution in [0.1, 0.15) is 5.56 Å². The second-order valence-corrected chi connectivity index (χ2v) is 5.95. The van der Waals surface area contributed by atoms with Crippen molar-refractivity contribution in [2.24, 2.45) is 0 Å². The van der Waals surface area contributed by atoms with Gasteiger partial charge in [0.15, 0.2) is 11.5 Å². The van der Waals surface area contributed by atoms with Crippen LogP contribution in [0.4, 0.5) is 10.1 Å². The number of nitrogens with zero attached hydrogens (tertiary/aromatic N) is 1. The van der Waals surface area contributed by atoms with Crippen molar-refractivity contribution in [1.29, 1.82) is 0 Å². The second kappa shape index (κ2) is 6.20. The first-order valence-corrected chi connectivity index (χ1v) is 7.93. The smallest absolute Gasteiger partial charge is 0.231 e. The molecule has 0 spiro atoms. The number of β-amino-alcohol motifs (C(OH)–C–C–N with tert-alkyl or cyclic N) is 1. The molecule has 2 aliphatic heterocycles. The Morgan fingerprint density at radius 2 is 2.04 bits per heavy atom. The molecular weight excluding hydrogens is 313 g/mol. The van der Waals surface area contributed by atoms with Crippen molar-refractivity contribution in [1.82, 2.24) is 0 Å². The molecule has 6 heteroatoms. The maximum absolute atomic E-state index is 13.4. The van der Waals surface area contributed by atoms with Crippen LogP contribution in [0.2, 0.25) is 0 Å². The van der Waals surface area contributed by atoms with E-state index in [4.69, 9.17) is 14.2 Å². The topological polar surface area (TPSA) is 51.2 Å². The van der Waals surface area contributed by atoms with Crippen LogP contribution in [0.25, 0.3) is 0 Å². The minimum atomic E-state index is -0.676. The molecule has 0 aliphatic carbocycles. The van der Waals surface area contributed by atoms with E-state index in [0.717, 1.165) is 24.2 Å². The molecule has 4 rings (SSSR count). The van der Waals surface area contributed by atoms with E-state index in [-0.39, 0.29) is 19.2 Å². The Bertz CT molecular complexity index is 752. The lowest BCUT2D eigenvalue weighted by Crippen LogP contribution is -2.34. The molecule has 0 saturated carbocycles. The van der Waals surface area contributed by atoms with E-state index in [9.17, 15) is 9.50 Å². The molecule has 1 N–H and O–H groups in total. The Morgan fingerprint density at radius 3 is 2.96 bits per heavy atom. The van der Waals surface area contributed by atoms with Gasteiger partial charge < -0.3 is 24.2 Å². The van der Waals surface area contributed by atoms with Crippen molar-refractivity contribution in [3.63, 3.8) is 0 Å². The lowest BCUT2D eigenvalue weighted by atomic mass is 10.2. The first-order valence-electron chi connectivity index (χ1n) is 7.93. The maximum Gasteiger partial charge on any atom is 0.231 e. The largest absolute Gasteiger partial charge is 0.491 e. The highest BCUT2D eigenvalue weighted by Gasteiger charge is 2.22. The Morgan fingerprint density at radius 1 is 1.17 bits per heavy atom. The van der Waals surface area contributed by atoms with Gasteiger partial charge in [0.2, 0.25) is 6.79 Å². The zero-order chi connectivity index (χ0) is 16.5. The van der Waals surface area contributed by atoms with Crippen molar-refractivity contribution in [3.8, 4) is 17.2 Å². The number of hydrogen-bond acceptors (Lipinski definition) is 5. The summed E-state index contributed by atoms with van der Waals surface area (Å²) in [5.74, 6) is 1.70. The number of anilines is 1. The van der Waals surface area contributed by atoms with Crippen molar-refractivity contribution in [2.75, 3.05) is 31.4 Å². The molecule has 0 saturated heterocycles. The predicted octanol–water partition coefficient (Wildman–Crippen LogP) is 2.36. The van der Waals surface area contributed by atoms with E-state index >= 15 is 0 Å². The fourth-order valence-corrected chi connectivity index (χ4v) is 3.07. The van der Waals surface area contributed by atoms with Crippen LogP contribution in [-0.2, 0) is 6.42 Å². The number of hydrogen-bond donors (Lipinski definition) is 1. The summed E-state index contributed by atoms with van der Waals surface area (Å²) < 4.78 is 29.6. The van der Waals surface area contributed by atoms with Gasteiger partial charge in [0.25, 0.3) is 0 Å². The molecule has 5 nitrogen and oxygen atoms in total. The zero-order valence-corrected chi connectivity index (χ0v) is 13.1. The third-order valence-electron chi connectivity index (χ3n) is 4.26. The normalized spacial score (nSPS) is 16.2. The molecule has 0 unspecified atom stereocenters. The molecule has 0 amide bonds. The van der Waals surface area contributed by atoms with Gasteiger partial charge in [-0.1, -0.05) is 6.07 Å². The summed E-state index contributed by atoms with van der Waals surface area (Å²) in [6.45, 7) is 1.55. The zero-order valence-electron chi connectivity index (χ0n) is 13.1. The Hall–Kier alpha value is -2.47. The molecule has 1 atom stereocenters. The van der Waals surface area contributed by atoms with Gasteiger partial charge in [-0.25, -0.2) is 4.39 Å².